The molecule has 6 heteroatoms. The molecule has 0 spiro atoms. The first-order valence-corrected chi connectivity index (χ1v) is 8.54. The zero-order chi connectivity index (χ0) is 16.7. The predicted molar refractivity (Wildman–Crippen MR) is 86.5 cm³/mol. The third-order valence-corrected chi connectivity index (χ3v) is 5.26. The number of anilines is 1. The van der Waals surface area contributed by atoms with Crippen molar-refractivity contribution in [2.45, 2.75) is 25.7 Å². The van der Waals surface area contributed by atoms with Crippen molar-refractivity contribution in [3.8, 4) is 5.75 Å². The summed E-state index contributed by atoms with van der Waals surface area (Å²) < 4.78 is 5.55. The highest BCUT2D eigenvalue weighted by atomic mass is 16.5. The molecule has 2 atom stereocenters. The van der Waals surface area contributed by atoms with Gasteiger partial charge in [-0.25, -0.2) is 0 Å². The predicted octanol–water partition coefficient (Wildman–Crippen LogP) is 1.59. The number of imide groups is 1. The topological polar surface area (TPSA) is 66.9 Å². The lowest BCUT2D eigenvalue weighted by Gasteiger charge is -2.30. The Morgan fingerprint density at radius 3 is 2.46 bits per heavy atom. The Balaban J connectivity index is 1.53. The van der Waals surface area contributed by atoms with Crippen LogP contribution in [0.25, 0.3) is 0 Å². The molecule has 4 rings (SSSR count). The second kappa shape index (κ2) is 5.92. The average molecular weight is 328 g/mol. The Labute approximate surface area is 140 Å². The SMILES string of the molecule is O=C1[C@H]2CCCC[C@H]2C(=O)N1CC(=O)N1CCOc2ccccc21. The van der Waals surface area contributed by atoms with Crippen LogP contribution < -0.4 is 9.64 Å². The second-order valence-corrected chi connectivity index (χ2v) is 6.62. The Morgan fingerprint density at radius 1 is 1.08 bits per heavy atom. The monoisotopic (exact) mass is 328 g/mol. The van der Waals surface area contributed by atoms with Gasteiger partial charge in [0.25, 0.3) is 0 Å². The van der Waals surface area contributed by atoms with Gasteiger partial charge in [-0.3, -0.25) is 19.3 Å². The number of hydrogen-bond donors (Lipinski definition) is 0. The fourth-order valence-electron chi connectivity index (χ4n) is 4.04. The molecule has 2 aliphatic heterocycles. The zero-order valence-electron chi connectivity index (χ0n) is 13.4. The molecule has 126 valence electrons. The van der Waals surface area contributed by atoms with Crippen LogP contribution in [-0.4, -0.2) is 42.3 Å². The number of likely N-dealkylation sites (tertiary alicyclic amines) is 1. The van der Waals surface area contributed by atoms with Crippen LogP contribution in [0.4, 0.5) is 5.69 Å². The van der Waals surface area contributed by atoms with E-state index in [0.29, 0.717) is 24.6 Å². The van der Waals surface area contributed by atoms with Crippen LogP contribution in [0.15, 0.2) is 24.3 Å². The van der Waals surface area contributed by atoms with Gasteiger partial charge in [-0.05, 0) is 25.0 Å². The summed E-state index contributed by atoms with van der Waals surface area (Å²) in [5.74, 6) is -0.331. The summed E-state index contributed by atoms with van der Waals surface area (Å²) in [7, 11) is 0. The van der Waals surface area contributed by atoms with Crippen LogP contribution in [0, 0.1) is 11.8 Å². The summed E-state index contributed by atoms with van der Waals surface area (Å²) in [6, 6.07) is 7.33. The number of para-hydroxylation sites is 2. The van der Waals surface area contributed by atoms with E-state index in [1.807, 2.05) is 24.3 Å². The van der Waals surface area contributed by atoms with Crippen LogP contribution in [0.3, 0.4) is 0 Å². The highest BCUT2D eigenvalue weighted by Gasteiger charge is 2.48. The molecule has 1 saturated heterocycles. The van der Waals surface area contributed by atoms with Crippen LogP contribution in [0.2, 0.25) is 0 Å². The molecule has 0 N–H and O–H groups in total. The summed E-state index contributed by atoms with van der Waals surface area (Å²) in [5.41, 5.74) is 0.699. The molecular weight excluding hydrogens is 308 g/mol. The average Bonchev–Trinajstić information content (AvgIpc) is 2.86. The number of benzene rings is 1. The van der Waals surface area contributed by atoms with Crippen molar-refractivity contribution in [1.29, 1.82) is 0 Å². The third-order valence-electron chi connectivity index (χ3n) is 5.26. The molecule has 1 saturated carbocycles. The number of ether oxygens (including phenoxy) is 1. The molecule has 0 radical (unpaired) electrons. The summed E-state index contributed by atoms with van der Waals surface area (Å²) in [4.78, 5) is 40.6. The van der Waals surface area contributed by atoms with E-state index < -0.39 is 0 Å². The molecule has 2 fully saturated rings. The smallest absolute Gasteiger partial charge is 0.247 e. The summed E-state index contributed by atoms with van der Waals surface area (Å²) >= 11 is 0. The quantitative estimate of drug-likeness (QED) is 0.773. The molecule has 1 aliphatic carbocycles. The zero-order valence-corrected chi connectivity index (χ0v) is 13.4. The first-order valence-electron chi connectivity index (χ1n) is 8.54. The van der Waals surface area contributed by atoms with E-state index in [2.05, 4.69) is 0 Å². The lowest BCUT2D eigenvalue weighted by atomic mass is 9.81. The molecule has 6 nitrogen and oxygen atoms in total. The molecule has 1 aromatic carbocycles. The molecule has 3 aliphatic rings. The van der Waals surface area contributed by atoms with Gasteiger partial charge >= 0.3 is 0 Å². The van der Waals surface area contributed by atoms with Gasteiger partial charge in [0.15, 0.2) is 0 Å². The lowest BCUT2D eigenvalue weighted by Crippen LogP contribution is -2.46. The van der Waals surface area contributed by atoms with E-state index in [-0.39, 0.29) is 36.1 Å². The van der Waals surface area contributed by atoms with Gasteiger partial charge in [-0.15, -0.1) is 0 Å². The number of amides is 3. The van der Waals surface area contributed by atoms with Gasteiger partial charge in [0.2, 0.25) is 17.7 Å². The fraction of sp³-hybridized carbons (Fsp3) is 0.500. The Morgan fingerprint density at radius 2 is 1.75 bits per heavy atom. The van der Waals surface area contributed by atoms with E-state index in [0.717, 1.165) is 25.7 Å². The van der Waals surface area contributed by atoms with Crippen LogP contribution >= 0.6 is 0 Å². The normalized spacial score (nSPS) is 26.0. The minimum atomic E-state index is -0.230. The Bertz CT molecular complexity index is 678. The maximum absolute atomic E-state index is 12.7. The third kappa shape index (κ3) is 2.37. The first kappa shape index (κ1) is 15.2. The highest BCUT2D eigenvalue weighted by Crippen LogP contribution is 2.38. The molecule has 24 heavy (non-hydrogen) atoms. The van der Waals surface area contributed by atoms with Crippen molar-refractivity contribution >= 4 is 23.4 Å². The van der Waals surface area contributed by atoms with Crippen molar-refractivity contribution in [2.75, 3.05) is 24.6 Å². The van der Waals surface area contributed by atoms with Crippen molar-refractivity contribution in [3.05, 3.63) is 24.3 Å². The summed E-state index contributed by atoms with van der Waals surface area (Å²) in [5, 5.41) is 0. The molecule has 2 heterocycles. The highest BCUT2D eigenvalue weighted by molar-refractivity contribution is 6.09. The Hall–Kier alpha value is -2.37. The van der Waals surface area contributed by atoms with E-state index in [1.54, 1.807) is 4.90 Å². The molecule has 1 aromatic rings. The first-order chi connectivity index (χ1) is 11.7. The summed E-state index contributed by atoms with van der Waals surface area (Å²) in [6.45, 7) is 0.674. The number of fused-ring (bicyclic) bond motifs is 2. The van der Waals surface area contributed by atoms with Crippen molar-refractivity contribution in [3.63, 3.8) is 0 Å². The lowest BCUT2D eigenvalue weighted by molar-refractivity contribution is -0.143. The van der Waals surface area contributed by atoms with Crippen LogP contribution in [-0.2, 0) is 14.4 Å². The van der Waals surface area contributed by atoms with Gasteiger partial charge < -0.3 is 9.64 Å². The number of carbonyl (C=O) groups is 3. The van der Waals surface area contributed by atoms with E-state index in [4.69, 9.17) is 4.74 Å². The van der Waals surface area contributed by atoms with Crippen LogP contribution in [0.5, 0.6) is 5.75 Å². The van der Waals surface area contributed by atoms with Gasteiger partial charge in [-0.2, -0.15) is 0 Å². The van der Waals surface area contributed by atoms with E-state index in [9.17, 15) is 14.4 Å². The maximum atomic E-state index is 12.7. The minimum Gasteiger partial charge on any atom is -0.490 e. The van der Waals surface area contributed by atoms with E-state index in [1.165, 1.54) is 4.90 Å². The number of nitrogens with zero attached hydrogens (tertiary/aromatic N) is 2. The summed E-state index contributed by atoms with van der Waals surface area (Å²) in [6.07, 6.45) is 3.50. The molecule has 0 bridgehead atoms. The molecular formula is C18H20N2O4. The van der Waals surface area contributed by atoms with E-state index >= 15 is 0 Å². The standard InChI is InChI=1S/C18H20N2O4/c21-16(19-9-10-24-15-8-4-3-7-14(15)19)11-20-17(22)12-5-1-2-6-13(12)18(20)23/h3-4,7-8,12-13H,1-2,5-6,9-11H2/t12-,13+. The molecule has 0 unspecified atom stereocenters. The van der Waals surface area contributed by atoms with Gasteiger partial charge in [0.05, 0.1) is 24.1 Å². The number of rotatable bonds is 2. The van der Waals surface area contributed by atoms with Gasteiger partial charge in [0.1, 0.15) is 18.9 Å². The Kier molecular flexibility index (Phi) is 3.75. The van der Waals surface area contributed by atoms with Crippen molar-refractivity contribution in [1.82, 2.24) is 4.90 Å². The van der Waals surface area contributed by atoms with Crippen molar-refractivity contribution in [2.24, 2.45) is 11.8 Å². The van der Waals surface area contributed by atoms with Crippen molar-refractivity contribution < 1.29 is 19.1 Å². The van der Waals surface area contributed by atoms with Gasteiger partial charge in [-0.1, -0.05) is 25.0 Å². The van der Waals surface area contributed by atoms with Crippen LogP contribution in [0.1, 0.15) is 25.7 Å². The maximum Gasteiger partial charge on any atom is 0.247 e. The second-order valence-electron chi connectivity index (χ2n) is 6.62. The minimum absolute atomic E-state index is 0.167. The molecule has 3 amide bonds. The number of carbonyl (C=O) groups excluding carboxylic acids is 3. The largest absolute Gasteiger partial charge is 0.490 e. The molecule has 0 aromatic heterocycles. The van der Waals surface area contributed by atoms with Gasteiger partial charge in [0, 0.05) is 0 Å². The number of hydrogen-bond acceptors (Lipinski definition) is 4. The fourth-order valence-corrected chi connectivity index (χ4v) is 4.04.